The molecule has 3 rings (SSSR count). The lowest BCUT2D eigenvalue weighted by molar-refractivity contribution is -0.137. The van der Waals surface area contributed by atoms with Crippen LogP contribution in [0.5, 0.6) is 5.75 Å². The zero-order chi connectivity index (χ0) is 20.3. The third kappa shape index (κ3) is 3.84. The molecule has 152 valence electrons. The molecular weight excluding hydrogens is 358 g/mol. The number of ether oxygens (including phenoxy) is 1. The molecule has 1 spiro atoms. The van der Waals surface area contributed by atoms with Crippen molar-refractivity contribution >= 4 is 17.8 Å². The number of imide groups is 1. The van der Waals surface area contributed by atoms with Crippen LogP contribution in [0.4, 0.5) is 4.79 Å². The second kappa shape index (κ2) is 8.20. The van der Waals surface area contributed by atoms with E-state index in [9.17, 15) is 14.4 Å². The number of amides is 4. The lowest BCUT2D eigenvalue weighted by Crippen LogP contribution is -2.54. The Bertz CT molecular complexity index is 779. The minimum absolute atomic E-state index is 0.0829. The highest BCUT2D eigenvalue weighted by molar-refractivity contribution is 6.09. The van der Waals surface area contributed by atoms with Crippen LogP contribution in [0.3, 0.4) is 0 Å². The molecule has 0 bridgehead atoms. The molecule has 2 aliphatic rings. The second-order valence-corrected chi connectivity index (χ2v) is 7.85. The van der Waals surface area contributed by atoms with E-state index in [1.165, 1.54) is 0 Å². The van der Waals surface area contributed by atoms with Crippen LogP contribution in [0.1, 0.15) is 43.7 Å². The first-order chi connectivity index (χ1) is 13.4. The molecule has 0 radical (unpaired) electrons. The maximum atomic E-state index is 12.9. The molecule has 1 aliphatic carbocycles. The molecule has 7 heteroatoms. The number of benzene rings is 1. The summed E-state index contributed by atoms with van der Waals surface area (Å²) in [7, 11) is 1.62. The molecule has 2 unspecified atom stereocenters. The van der Waals surface area contributed by atoms with Crippen LogP contribution in [0, 0.1) is 12.8 Å². The topological polar surface area (TPSA) is 87.7 Å². The number of nitrogens with one attached hydrogen (secondary N) is 2. The molecule has 2 atom stereocenters. The average molecular weight is 387 g/mol. The van der Waals surface area contributed by atoms with Gasteiger partial charge < -0.3 is 15.4 Å². The number of methoxy groups -OCH3 is 1. The van der Waals surface area contributed by atoms with Crippen molar-refractivity contribution in [2.24, 2.45) is 5.92 Å². The van der Waals surface area contributed by atoms with E-state index in [0.29, 0.717) is 19.4 Å². The Morgan fingerprint density at radius 3 is 2.86 bits per heavy atom. The van der Waals surface area contributed by atoms with Crippen molar-refractivity contribution in [3.63, 3.8) is 0 Å². The smallest absolute Gasteiger partial charge is 0.325 e. The lowest BCUT2D eigenvalue weighted by Gasteiger charge is -2.36. The van der Waals surface area contributed by atoms with E-state index in [1.54, 1.807) is 7.11 Å². The summed E-state index contributed by atoms with van der Waals surface area (Å²) in [5, 5.41) is 5.67. The standard InChI is InChI=1S/C21H29N3O4/c1-14-7-8-17(28-3)16(12-14)9-11-22-18(25)13-24-19(26)21(23-20(24)27)10-5-4-6-15(21)2/h7-8,12,15H,4-6,9-11,13H2,1-3H3,(H,22,25)(H,23,27). The van der Waals surface area contributed by atoms with Gasteiger partial charge in [-0.15, -0.1) is 0 Å². The number of nitrogens with zero attached hydrogens (tertiary/aromatic N) is 1. The van der Waals surface area contributed by atoms with E-state index in [4.69, 9.17) is 4.74 Å². The van der Waals surface area contributed by atoms with Crippen LogP contribution in [-0.2, 0) is 16.0 Å². The normalized spacial score (nSPS) is 24.4. The Balaban J connectivity index is 1.56. The maximum Gasteiger partial charge on any atom is 0.325 e. The van der Waals surface area contributed by atoms with Gasteiger partial charge in [-0.2, -0.15) is 0 Å². The summed E-state index contributed by atoms with van der Waals surface area (Å²) in [6.45, 7) is 4.16. The fourth-order valence-corrected chi connectivity index (χ4v) is 4.28. The quantitative estimate of drug-likeness (QED) is 0.733. The predicted octanol–water partition coefficient (Wildman–Crippen LogP) is 2.16. The SMILES string of the molecule is COc1ccc(C)cc1CCNC(=O)CN1C(=O)NC2(CCCCC2C)C1=O. The van der Waals surface area contributed by atoms with Gasteiger partial charge in [0.25, 0.3) is 5.91 Å². The van der Waals surface area contributed by atoms with Gasteiger partial charge in [-0.3, -0.25) is 14.5 Å². The number of hydrogen-bond donors (Lipinski definition) is 2. The molecule has 1 saturated heterocycles. The van der Waals surface area contributed by atoms with Gasteiger partial charge >= 0.3 is 6.03 Å². The maximum absolute atomic E-state index is 12.9. The number of carbonyl (C=O) groups excluding carboxylic acids is 3. The first-order valence-corrected chi connectivity index (χ1v) is 9.91. The number of aryl methyl sites for hydroxylation is 1. The van der Waals surface area contributed by atoms with Gasteiger partial charge in [0.2, 0.25) is 5.91 Å². The van der Waals surface area contributed by atoms with Gasteiger partial charge in [-0.1, -0.05) is 37.5 Å². The molecule has 28 heavy (non-hydrogen) atoms. The van der Waals surface area contributed by atoms with Gasteiger partial charge in [0.1, 0.15) is 17.8 Å². The zero-order valence-electron chi connectivity index (χ0n) is 16.8. The molecule has 2 N–H and O–H groups in total. The molecular formula is C21H29N3O4. The van der Waals surface area contributed by atoms with Crippen LogP contribution in [0.25, 0.3) is 0 Å². The zero-order valence-corrected chi connectivity index (χ0v) is 16.8. The van der Waals surface area contributed by atoms with Crippen molar-refractivity contribution in [2.45, 2.75) is 51.5 Å². The summed E-state index contributed by atoms with van der Waals surface area (Å²) in [5.41, 5.74) is 1.30. The Morgan fingerprint density at radius 2 is 2.14 bits per heavy atom. The van der Waals surface area contributed by atoms with E-state index in [-0.39, 0.29) is 24.3 Å². The van der Waals surface area contributed by atoms with Crippen molar-refractivity contribution in [2.75, 3.05) is 20.2 Å². The Labute approximate surface area is 165 Å². The van der Waals surface area contributed by atoms with Gasteiger partial charge in [0.05, 0.1) is 7.11 Å². The Kier molecular flexibility index (Phi) is 5.91. The molecule has 7 nitrogen and oxygen atoms in total. The van der Waals surface area contributed by atoms with Gasteiger partial charge in [-0.05, 0) is 43.7 Å². The van der Waals surface area contributed by atoms with E-state index in [2.05, 4.69) is 10.6 Å². The van der Waals surface area contributed by atoms with Crippen molar-refractivity contribution in [1.29, 1.82) is 0 Å². The molecule has 2 fully saturated rings. The predicted molar refractivity (Wildman–Crippen MR) is 105 cm³/mol. The van der Waals surface area contributed by atoms with Crippen LogP contribution >= 0.6 is 0 Å². The Morgan fingerprint density at radius 1 is 1.36 bits per heavy atom. The fraction of sp³-hybridized carbons (Fsp3) is 0.571. The molecule has 4 amide bonds. The molecule has 1 aromatic rings. The van der Waals surface area contributed by atoms with E-state index >= 15 is 0 Å². The van der Waals surface area contributed by atoms with Crippen LogP contribution in [0.2, 0.25) is 0 Å². The van der Waals surface area contributed by atoms with E-state index in [0.717, 1.165) is 41.0 Å². The third-order valence-electron chi connectivity index (χ3n) is 5.96. The molecule has 1 heterocycles. The molecule has 1 aromatic carbocycles. The van der Waals surface area contributed by atoms with Crippen molar-refractivity contribution in [1.82, 2.24) is 15.5 Å². The summed E-state index contributed by atoms with van der Waals surface area (Å²) >= 11 is 0. The van der Waals surface area contributed by atoms with Crippen molar-refractivity contribution in [3.8, 4) is 5.75 Å². The summed E-state index contributed by atoms with van der Waals surface area (Å²) in [5.74, 6) is 0.262. The summed E-state index contributed by atoms with van der Waals surface area (Å²) < 4.78 is 5.35. The number of urea groups is 1. The third-order valence-corrected chi connectivity index (χ3v) is 5.96. The number of rotatable bonds is 6. The highest BCUT2D eigenvalue weighted by Crippen LogP contribution is 2.38. The van der Waals surface area contributed by atoms with Crippen LogP contribution in [-0.4, -0.2) is 48.5 Å². The number of hydrogen-bond acceptors (Lipinski definition) is 4. The molecule has 1 saturated carbocycles. The highest BCUT2D eigenvalue weighted by Gasteiger charge is 2.55. The monoisotopic (exact) mass is 387 g/mol. The second-order valence-electron chi connectivity index (χ2n) is 7.85. The van der Waals surface area contributed by atoms with Gasteiger partial charge in [-0.25, -0.2) is 4.79 Å². The molecule has 1 aliphatic heterocycles. The van der Waals surface area contributed by atoms with Crippen LogP contribution < -0.4 is 15.4 Å². The van der Waals surface area contributed by atoms with Gasteiger partial charge in [0.15, 0.2) is 0 Å². The molecule has 0 aromatic heterocycles. The minimum atomic E-state index is -0.829. The highest BCUT2D eigenvalue weighted by atomic mass is 16.5. The van der Waals surface area contributed by atoms with Crippen LogP contribution in [0.15, 0.2) is 18.2 Å². The van der Waals surface area contributed by atoms with E-state index in [1.807, 2.05) is 32.0 Å². The average Bonchev–Trinajstić information content (AvgIpc) is 2.89. The van der Waals surface area contributed by atoms with Crippen molar-refractivity contribution in [3.05, 3.63) is 29.3 Å². The fourth-order valence-electron chi connectivity index (χ4n) is 4.28. The first-order valence-electron chi connectivity index (χ1n) is 9.91. The summed E-state index contributed by atoms with van der Waals surface area (Å²) in [6, 6.07) is 5.44. The van der Waals surface area contributed by atoms with E-state index < -0.39 is 11.6 Å². The Hall–Kier alpha value is -2.57. The van der Waals surface area contributed by atoms with Gasteiger partial charge in [0, 0.05) is 6.54 Å². The summed E-state index contributed by atoms with van der Waals surface area (Å²) in [4.78, 5) is 38.7. The summed E-state index contributed by atoms with van der Waals surface area (Å²) in [6.07, 6.45) is 4.13. The minimum Gasteiger partial charge on any atom is -0.496 e. The first kappa shape index (κ1) is 20.2. The van der Waals surface area contributed by atoms with Crippen molar-refractivity contribution < 1.29 is 19.1 Å². The largest absolute Gasteiger partial charge is 0.496 e. The lowest BCUT2D eigenvalue weighted by atomic mass is 9.73. The number of carbonyl (C=O) groups is 3.